The molecular weight excluding hydrogens is 202 g/mol. The van der Waals surface area contributed by atoms with Gasteiger partial charge in [0.1, 0.15) is 17.1 Å². The summed E-state index contributed by atoms with van der Waals surface area (Å²) < 4.78 is 5.66. The number of nitrogens with two attached hydrogens (primary N) is 1. The fourth-order valence-corrected chi connectivity index (χ4v) is 1.98. The van der Waals surface area contributed by atoms with Gasteiger partial charge < -0.3 is 15.3 Å². The van der Waals surface area contributed by atoms with Gasteiger partial charge in [-0.1, -0.05) is 0 Å². The summed E-state index contributed by atoms with van der Waals surface area (Å²) in [4.78, 5) is 0. The van der Waals surface area contributed by atoms with E-state index < -0.39 is 0 Å². The lowest BCUT2D eigenvalue weighted by Crippen LogP contribution is -2.21. The van der Waals surface area contributed by atoms with Crippen molar-refractivity contribution in [3.63, 3.8) is 0 Å². The highest BCUT2D eigenvalue weighted by molar-refractivity contribution is 5.79. The number of hydrogen-bond donors (Lipinski definition) is 2. The van der Waals surface area contributed by atoms with E-state index >= 15 is 0 Å². The minimum atomic E-state index is 0.0705. The summed E-state index contributed by atoms with van der Waals surface area (Å²) in [7, 11) is 0. The molecule has 1 saturated carbocycles. The van der Waals surface area contributed by atoms with E-state index in [1.165, 1.54) is 0 Å². The van der Waals surface area contributed by atoms with Crippen LogP contribution < -0.4 is 5.73 Å². The molecule has 1 aromatic carbocycles. The predicted molar refractivity (Wildman–Crippen MR) is 62.4 cm³/mol. The third-order valence-corrected chi connectivity index (χ3v) is 3.32. The molecule has 3 N–H and O–H groups in total. The van der Waals surface area contributed by atoms with E-state index in [0.29, 0.717) is 0 Å². The molecule has 84 valence electrons. The number of fused-ring (bicyclic) bond motifs is 1. The van der Waals surface area contributed by atoms with Crippen molar-refractivity contribution in [3.05, 3.63) is 30.0 Å². The minimum Gasteiger partial charge on any atom is -0.508 e. The van der Waals surface area contributed by atoms with Crippen molar-refractivity contribution in [2.45, 2.75) is 31.2 Å². The Labute approximate surface area is 93.9 Å². The lowest BCUT2D eigenvalue weighted by Gasteiger charge is -2.04. The van der Waals surface area contributed by atoms with E-state index in [9.17, 15) is 5.11 Å². The maximum absolute atomic E-state index is 9.33. The van der Waals surface area contributed by atoms with Crippen LogP contribution in [0.3, 0.4) is 0 Å². The SMILES string of the molecule is NC1(CCc2cc3ccc(O)cc3o2)CC1. The highest BCUT2D eigenvalue weighted by Crippen LogP contribution is 2.37. The first-order chi connectivity index (χ1) is 7.65. The van der Waals surface area contributed by atoms with Gasteiger partial charge in [0, 0.05) is 23.4 Å². The van der Waals surface area contributed by atoms with Gasteiger partial charge in [0.2, 0.25) is 0 Å². The first-order valence-electron chi connectivity index (χ1n) is 5.65. The molecule has 3 heteroatoms. The molecule has 1 aliphatic rings. The van der Waals surface area contributed by atoms with E-state index in [0.717, 1.165) is 42.4 Å². The summed E-state index contributed by atoms with van der Waals surface area (Å²) in [6, 6.07) is 7.22. The van der Waals surface area contributed by atoms with Gasteiger partial charge in [-0.2, -0.15) is 0 Å². The van der Waals surface area contributed by atoms with Crippen LogP contribution in [0.1, 0.15) is 25.0 Å². The second-order valence-electron chi connectivity index (χ2n) is 4.80. The fourth-order valence-electron chi connectivity index (χ4n) is 1.98. The number of phenols is 1. The van der Waals surface area contributed by atoms with Crippen LogP contribution in [-0.2, 0) is 6.42 Å². The minimum absolute atomic E-state index is 0.0705. The van der Waals surface area contributed by atoms with Crippen LogP contribution in [0.5, 0.6) is 5.75 Å². The smallest absolute Gasteiger partial charge is 0.137 e. The molecule has 0 bridgehead atoms. The van der Waals surface area contributed by atoms with Crippen molar-refractivity contribution in [2.24, 2.45) is 5.73 Å². The Morgan fingerprint density at radius 2 is 2.12 bits per heavy atom. The summed E-state index contributed by atoms with van der Waals surface area (Å²) >= 11 is 0. The zero-order chi connectivity index (χ0) is 11.2. The third-order valence-electron chi connectivity index (χ3n) is 3.32. The number of phenolic OH excluding ortho intramolecular Hbond substituents is 1. The maximum Gasteiger partial charge on any atom is 0.137 e. The third kappa shape index (κ3) is 1.78. The molecule has 3 nitrogen and oxygen atoms in total. The van der Waals surface area contributed by atoms with Crippen LogP contribution in [0.15, 0.2) is 28.7 Å². The summed E-state index contributed by atoms with van der Waals surface area (Å²) in [5, 5.41) is 10.4. The molecule has 2 aromatic rings. The normalized spacial score (nSPS) is 17.8. The number of furan rings is 1. The topological polar surface area (TPSA) is 59.4 Å². The zero-order valence-corrected chi connectivity index (χ0v) is 9.07. The number of aromatic hydroxyl groups is 1. The van der Waals surface area contributed by atoms with Gasteiger partial charge in [0.25, 0.3) is 0 Å². The number of aryl methyl sites for hydroxylation is 1. The van der Waals surface area contributed by atoms with Crippen LogP contribution >= 0.6 is 0 Å². The molecule has 1 aliphatic carbocycles. The number of benzene rings is 1. The van der Waals surface area contributed by atoms with Gasteiger partial charge in [0.15, 0.2) is 0 Å². The van der Waals surface area contributed by atoms with Crippen molar-refractivity contribution in [1.82, 2.24) is 0 Å². The summed E-state index contributed by atoms with van der Waals surface area (Å²) in [6.07, 6.45) is 4.13. The Kier molecular flexibility index (Phi) is 1.98. The van der Waals surface area contributed by atoms with Crippen molar-refractivity contribution >= 4 is 11.0 Å². The molecule has 0 atom stereocenters. The van der Waals surface area contributed by atoms with E-state index in [-0.39, 0.29) is 11.3 Å². The van der Waals surface area contributed by atoms with Crippen LogP contribution in [0, 0.1) is 0 Å². The number of rotatable bonds is 3. The Hall–Kier alpha value is -1.48. The van der Waals surface area contributed by atoms with Crippen molar-refractivity contribution < 1.29 is 9.52 Å². The molecule has 0 aliphatic heterocycles. The molecule has 1 aromatic heterocycles. The summed E-state index contributed by atoms with van der Waals surface area (Å²) in [6.45, 7) is 0. The standard InChI is InChI=1S/C13H15NO2/c14-13(5-6-13)4-3-11-7-9-1-2-10(15)8-12(9)16-11/h1-2,7-8,15H,3-6,14H2. The second kappa shape index (κ2) is 3.25. The van der Waals surface area contributed by atoms with Crippen LogP contribution in [0.4, 0.5) is 0 Å². The molecule has 16 heavy (non-hydrogen) atoms. The Bertz CT molecular complexity index is 526. The molecule has 0 unspecified atom stereocenters. The van der Waals surface area contributed by atoms with Crippen molar-refractivity contribution in [1.29, 1.82) is 0 Å². The van der Waals surface area contributed by atoms with E-state index in [2.05, 4.69) is 0 Å². The molecule has 1 heterocycles. The largest absolute Gasteiger partial charge is 0.508 e. The van der Waals surface area contributed by atoms with Gasteiger partial charge >= 0.3 is 0 Å². The Morgan fingerprint density at radius 3 is 2.88 bits per heavy atom. The first-order valence-corrected chi connectivity index (χ1v) is 5.65. The van der Waals surface area contributed by atoms with Gasteiger partial charge in [-0.05, 0) is 37.5 Å². The Balaban J connectivity index is 1.82. The Morgan fingerprint density at radius 1 is 1.31 bits per heavy atom. The second-order valence-corrected chi connectivity index (χ2v) is 4.80. The van der Waals surface area contributed by atoms with Crippen LogP contribution in [-0.4, -0.2) is 10.6 Å². The summed E-state index contributed by atoms with van der Waals surface area (Å²) in [5.41, 5.74) is 6.85. The molecular formula is C13H15NO2. The van der Waals surface area contributed by atoms with Crippen LogP contribution in [0.2, 0.25) is 0 Å². The van der Waals surface area contributed by atoms with E-state index in [1.54, 1.807) is 12.1 Å². The average molecular weight is 217 g/mol. The lowest BCUT2D eigenvalue weighted by molar-refractivity contribution is 0.472. The highest BCUT2D eigenvalue weighted by atomic mass is 16.3. The van der Waals surface area contributed by atoms with Gasteiger partial charge in [-0.15, -0.1) is 0 Å². The molecule has 0 saturated heterocycles. The van der Waals surface area contributed by atoms with Gasteiger partial charge in [-0.25, -0.2) is 0 Å². The molecule has 0 spiro atoms. The van der Waals surface area contributed by atoms with Crippen molar-refractivity contribution in [3.8, 4) is 5.75 Å². The fraction of sp³-hybridized carbons (Fsp3) is 0.385. The summed E-state index contributed by atoms with van der Waals surface area (Å²) in [5.74, 6) is 1.20. The quantitative estimate of drug-likeness (QED) is 0.830. The van der Waals surface area contributed by atoms with E-state index in [1.807, 2.05) is 12.1 Å². The molecule has 0 radical (unpaired) electrons. The highest BCUT2D eigenvalue weighted by Gasteiger charge is 2.37. The first kappa shape index (κ1) is 9.73. The maximum atomic E-state index is 9.33. The van der Waals surface area contributed by atoms with E-state index in [4.69, 9.17) is 10.2 Å². The molecule has 3 rings (SSSR count). The van der Waals surface area contributed by atoms with Gasteiger partial charge in [0.05, 0.1) is 0 Å². The average Bonchev–Trinajstić information content (AvgIpc) is 2.85. The van der Waals surface area contributed by atoms with Crippen LogP contribution in [0.25, 0.3) is 11.0 Å². The van der Waals surface area contributed by atoms with Gasteiger partial charge in [-0.3, -0.25) is 0 Å². The zero-order valence-electron chi connectivity index (χ0n) is 9.07. The number of hydrogen-bond acceptors (Lipinski definition) is 3. The molecule has 1 fully saturated rings. The molecule has 0 amide bonds. The monoisotopic (exact) mass is 217 g/mol. The lowest BCUT2D eigenvalue weighted by atomic mass is 10.1. The van der Waals surface area contributed by atoms with Crippen molar-refractivity contribution in [2.75, 3.05) is 0 Å². The predicted octanol–water partition coefficient (Wildman–Crippen LogP) is 2.56.